The maximum atomic E-state index is 12.2. The van der Waals surface area contributed by atoms with Crippen LogP contribution in [0.5, 0.6) is 0 Å². The number of nitrogens with one attached hydrogen (secondary N) is 1. The van der Waals surface area contributed by atoms with Gasteiger partial charge >= 0.3 is 0 Å². The molecule has 0 spiro atoms. The van der Waals surface area contributed by atoms with Crippen molar-refractivity contribution in [3.63, 3.8) is 0 Å². The molecule has 1 amide bonds. The van der Waals surface area contributed by atoms with Crippen LogP contribution in [-0.2, 0) is 0 Å². The molecular formula is C14H14BrN3O. The van der Waals surface area contributed by atoms with Crippen LogP contribution >= 0.6 is 15.9 Å². The Bertz CT molecular complexity index is 641. The van der Waals surface area contributed by atoms with Gasteiger partial charge in [0.1, 0.15) is 5.69 Å². The number of aryl methyl sites for hydroxylation is 2. The van der Waals surface area contributed by atoms with E-state index < -0.39 is 0 Å². The van der Waals surface area contributed by atoms with Crippen molar-refractivity contribution in [2.45, 2.75) is 20.8 Å². The summed E-state index contributed by atoms with van der Waals surface area (Å²) in [6, 6.07) is 5.46. The van der Waals surface area contributed by atoms with E-state index in [9.17, 15) is 4.79 Å². The van der Waals surface area contributed by atoms with Gasteiger partial charge in [-0.3, -0.25) is 9.78 Å². The molecular weight excluding hydrogens is 306 g/mol. The lowest BCUT2D eigenvalue weighted by Gasteiger charge is -2.09. The van der Waals surface area contributed by atoms with Crippen molar-refractivity contribution >= 4 is 27.5 Å². The molecule has 0 atom stereocenters. The first kappa shape index (κ1) is 13.7. The number of pyridine rings is 2. The summed E-state index contributed by atoms with van der Waals surface area (Å²) in [5.41, 5.74) is 3.63. The second-order valence-corrected chi connectivity index (χ2v) is 5.21. The maximum absolute atomic E-state index is 12.2. The third-order valence-electron chi connectivity index (χ3n) is 2.71. The van der Waals surface area contributed by atoms with Crippen molar-refractivity contribution in [2.75, 3.05) is 5.32 Å². The Kier molecular flexibility index (Phi) is 3.95. The summed E-state index contributed by atoms with van der Waals surface area (Å²) in [6.07, 6.45) is 1.66. The molecule has 2 aromatic heterocycles. The van der Waals surface area contributed by atoms with Crippen LogP contribution in [0.2, 0.25) is 0 Å². The SMILES string of the molecule is Cc1cc(NC(=O)c2nc(C)cc(Br)c2C)ccn1. The maximum Gasteiger partial charge on any atom is 0.274 e. The van der Waals surface area contributed by atoms with Gasteiger partial charge in [0.05, 0.1) is 0 Å². The van der Waals surface area contributed by atoms with E-state index in [1.54, 1.807) is 12.3 Å². The first-order chi connectivity index (χ1) is 8.97. The van der Waals surface area contributed by atoms with Gasteiger partial charge in [-0.05, 0) is 44.5 Å². The lowest BCUT2D eigenvalue weighted by atomic mass is 10.2. The summed E-state index contributed by atoms with van der Waals surface area (Å²) in [5, 5.41) is 2.83. The van der Waals surface area contributed by atoms with Crippen molar-refractivity contribution in [2.24, 2.45) is 0 Å². The largest absolute Gasteiger partial charge is 0.321 e. The van der Waals surface area contributed by atoms with Gasteiger partial charge in [-0.25, -0.2) is 4.98 Å². The number of carbonyl (C=O) groups excluding carboxylic acids is 1. The number of hydrogen-bond donors (Lipinski definition) is 1. The van der Waals surface area contributed by atoms with E-state index in [2.05, 4.69) is 31.2 Å². The summed E-state index contributed by atoms with van der Waals surface area (Å²) < 4.78 is 0.885. The van der Waals surface area contributed by atoms with Crippen LogP contribution in [0.4, 0.5) is 5.69 Å². The lowest BCUT2D eigenvalue weighted by Crippen LogP contribution is -2.16. The molecule has 2 aromatic rings. The second-order valence-electron chi connectivity index (χ2n) is 4.36. The Morgan fingerprint density at radius 3 is 2.63 bits per heavy atom. The summed E-state index contributed by atoms with van der Waals surface area (Å²) in [7, 11) is 0. The predicted octanol–water partition coefficient (Wildman–Crippen LogP) is 3.42. The summed E-state index contributed by atoms with van der Waals surface area (Å²) in [6.45, 7) is 5.60. The van der Waals surface area contributed by atoms with Crippen molar-refractivity contribution < 1.29 is 4.79 Å². The third kappa shape index (κ3) is 3.17. The van der Waals surface area contributed by atoms with Crippen LogP contribution in [0.3, 0.4) is 0 Å². The van der Waals surface area contributed by atoms with Gasteiger partial charge < -0.3 is 5.32 Å². The highest BCUT2D eigenvalue weighted by molar-refractivity contribution is 9.10. The Morgan fingerprint density at radius 1 is 1.21 bits per heavy atom. The molecule has 0 bridgehead atoms. The minimum atomic E-state index is -0.215. The standard InChI is InChI=1S/C14H14BrN3O/c1-8-6-11(4-5-16-8)18-14(19)13-10(3)12(15)7-9(2)17-13/h4-7H,1-3H3,(H,16,18,19). The second kappa shape index (κ2) is 5.48. The number of aromatic nitrogens is 2. The number of anilines is 1. The van der Waals surface area contributed by atoms with Crippen LogP contribution in [0.15, 0.2) is 28.9 Å². The van der Waals surface area contributed by atoms with E-state index in [0.717, 1.165) is 27.1 Å². The number of hydrogen-bond acceptors (Lipinski definition) is 3. The summed E-state index contributed by atoms with van der Waals surface area (Å²) >= 11 is 3.43. The van der Waals surface area contributed by atoms with Crippen LogP contribution in [-0.4, -0.2) is 15.9 Å². The van der Waals surface area contributed by atoms with Gasteiger partial charge in [-0.2, -0.15) is 0 Å². The summed E-state index contributed by atoms with van der Waals surface area (Å²) in [5.74, 6) is -0.215. The molecule has 19 heavy (non-hydrogen) atoms. The smallest absolute Gasteiger partial charge is 0.274 e. The van der Waals surface area contributed by atoms with Gasteiger partial charge in [0, 0.05) is 27.7 Å². The number of halogens is 1. The minimum Gasteiger partial charge on any atom is -0.321 e. The number of amides is 1. The van der Waals surface area contributed by atoms with E-state index >= 15 is 0 Å². The highest BCUT2D eigenvalue weighted by atomic mass is 79.9. The molecule has 0 radical (unpaired) electrons. The Balaban J connectivity index is 2.30. The van der Waals surface area contributed by atoms with Gasteiger partial charge in [-0.1, -0.05) is 15.9 Å². The predicted molar refractivity (Wildman–Crippen MR) is 78.3 cm³/mol. The molecule has 0 aromatic carbocycles. The zero-order valence-electron chi connectivity index (χ0n) is 11.0. The van der Waals surface area contributed by atoms with Gasteiger partial charge in [-0.15, -0.1) is 0 Å². The first-order valence-electron chi connectivity index (χ1n) is 5.85. The number of nitrogens with zero attached hydrogens (tertiary/aromatic N) is 2. The van der Waals surface area contributed by atoms with Crippen LogP contribution < -0.4 is 5.32 Å². The molecule has 0 aliphatic rings. The Hall–Kier alpha value is -1.75. The van der Waals surface area contributed by atoms with Gasteiger partial charge in [0.15, 0.2) is 0 Å². The highest BCUT2D eigenvalue weighted by Crippen LogP contribution is 2.20. The normalized spacial score (nSPS) is 10.3. The zero-order chi connectivity index (χ0) is 14.0. The van der Waals surface area contributed by atoms with Crippen LogP contribution in [0, 0.1) is 20.8 Å². The van der Waals surface area contributed by atoms with E-state index in [4.69, 9.17) is 0 Å². The number of rotatable bonds is 2. The van der Waals surface area contributed by atoms with Crippen molar-refractivity contribution in [3.8, 4) is 0 Å². The Morgan fingerprint density at radius 2 is 1.95 bits per heavy atom. The molecule has 0 saturated heterocycles. The topological polar surface area (TPSA) is 54.9 Å². The molecule has 0 fully saturated rings. The monoisotopic (exact) mass is 319 g/mol. The van der Waals surface area contributed by atoms with Gasteiger partial charge in [0.2, 0.25) is 0 Å². The molecule has 4 nitrogen and oxygen atoms in total. The van der Waals surface area contributed by atoms with Crippen LogP contribution in [0.1, 0.15) is 27.4 Å². The molecule has 0 aliphatic carbocycles. The van der Waals surface area contributed by atoms with E-state index in [1.807, 2.05) is 32.9 Å². The fraction of sp³-hybridized carbons (Fsp3) is 0.214. The highest BCUT2D eigenvalue weighted by Gasteiger charge is 2.14. The van der Waals surface area contributed by atoms with E-state index in [1.165, 1.54) is 0 Å². The zero-order valence-corrected chi connectivity index (χ0v) is 12.6. The molecule has 2 rings (SSSR count). The van der Waals surface area contributed by atoms with Crippen molar-refractivity contribution in [3.05, 3.63) is 51.5 Å². The minimum absolute atomic E-state index is 0.215. The molecule has 5 heteroatoms. The molecule has 2 heterocycles. The fourth-order valence-corrected chi connectivity index (χ4v) is 2.25. The van der Waals surface area contributed by atoms with Crippen molar-refractivity contribution in [1.82, 2.24) is 9.97 Å². The molecule has 1 N–H and O–H groups in total. The van der Waals surface area contributed by atoms with Crippen LogP contribution in [0.25, 0.3) is 0 Å². The van der Waals surface area contributed by atoms with Crippen molar-refractivity contribution in [1.29, 1.82) is 0 Å². The summed E-state index contributed by atoms with van der Waals surface area (Å²) in [4.78, 5) is 20.6. The molecule has 0 aliphatic heterocycles. The fourth-order valence-electron chi connectivity index (χ4n) is 1.73. The molecule has 0 unspecified atom stereocenters. The van der Waals surface area contributed by atoms with E-state index in [-0.39, 0.29) is 5.91 Å². The lowest BCUT2D eigenvalue weighted by molar-refractivity contribution is 0.102. The first-order valence-corrected chi connectivity index (χ1v) is 6.64. The third-order valence-corrected chi connectivity index (χ3v) is 3.53. The van der Waals surface area contributed by atoms with E-state index in [0.29, 0.717) is 5.69 Å². The average molecular weight is 320 g/mol. The molecule has 0 saturated carbocycles. The van der Waals surface area contributed by atoms with Gasteiger partial charge in [0.25, 0.3) is 5.91 Å². The Labute approximate surface area is 120 Å². The number of carbonyl (C=O) groups is 1. The average Bonchev–Trinajstić information content (AvgIpc) is 2.33. The quantitative estimate of drug-likeness (QED) is 0.922. The molecule has 98 valence electrons.